The lowest BCUT2D eigenvalue weighted by Crippen LogP contribution is -2.45. The highest BCUT2D eigenvalue weighted by molar-refractivity contribution is 6.00. The Labute approximate surface area is 139 Å². The van der Waals surface area contributed by atoms with Gasteiger partial charge in [0.2, 0.25) is 5.91 Å². The average molecular weight is 327 g/mol. The molecule has 1 aromatic rings. The lowest BCUT2D eigenvalue weighted by Gasteiger charge is -2.22. The van der Waals surface area contributed by atoms with Crippen molar-refractivity contribution in [3.05, 3.63) is 60.2 Å². The zero-order chi connectivity index (χ0) is 17.4. The van der Waals surface area contributed by atoms with Gasteiger partial charge >= 0.3 is 11.9 Å². The standard InChI is InChI=1S/C18H17NO5/c1-23-15(21)10-11-17-13(8-9-14(20)19-17)18(17,16(22)24-2)12-6-4-3-5-7-12/h3-11,13H,1-2H3,(H,19,20). The van der Waals surface area contributed by atoms with Gasteiger partial charge in [-0.25, -0.2) is 4.79 Å². The largest absolute Gasteiger partial charge is 0.468 e. The molecule has 1 aromatic carbocycles. The quantitative estimate of drug-likeness (QED) is 0.656. The number of hydrogen-bond acceptors (Lipinski definition) is 5. The van der Waals surface area contributed by atoms with Gasteiger partial charge in [-0.2, -0.15) is 0 Å². The SMILES string of the molecule is COC(=O)C=CC12NC(=O)C=CC1C2(C(=O)OC)c1ccccc1. The molecule has 3 rings (SSSR count). The van der Waals surface area contributed by atoms with Crippen molar-refractivity contribution in [2.45, 2.75) is 11.0 Å². The van der Waals surface area contributed by atoms with Gasteiger partial charge in [0.15, 0.2) is 0 Å². The maximum absolute atomic E-state index is 12.7. The van der Waals surface area contributed by atoms with Crippen molar-refractivity contribution < 1.29 is 23.9 Å². The Morgan fingerprint density at radius 1 is 1.17 bits per heavy atom. The van der Waals surface area contributed by atoms with Crippen LogP contribution in [-0.2, 0) is 29.3 Å². The molecule has 1 aliphatic heterocycles. The van der Waals surface area contributed by atoms with Gasteiger partial charge in [0.25, 0.3) is 0 Å². The highest BCUT2D eigenvalue weighted by atomic mass is 16.5. The number of esters is 2. The Hall–Kier alpha value is -2.89. The van der Waals surface area contributed by atoms with Gasteiger partial charge < -0.3 is 14.8 Å². The minimum Gasteiger partial charge on any atom is -0.468 e. The zero-order valence-corrected chi connectivity index (χ0v) is 13.3. The number of ether oxygens (including phenoxy) is 2. The molecule has 3 unspecified atom stereocenters. The molecule has 0 bridgehead atoms. The van der Waals surface area contributed by atoms with E-state index in [2.05, 4.69) is 10.1 Å². The van der Waals surface area contributed by atoms with Gasteiger partial charge in [0.1, 0.15) is 5.41 Å². The molecule has 1 saturated carbocycles. The van der Waals surface area contributed by atoms with Crippen molar-refractivity contribution in [3.63, 3.8) is 0 Å². The third-order valence-electron chi connectivity index (χ3n) is 4.72. The van der Waals surface area contributed by atoms with Crippen molar-refractivity contribution in [1.82, 2.24) is 5.32 Å². The van der Waals surface area contributed by atoms with E-state index in [-0.39, 0.29) is 11.8 Å². The third-order valence-corrected chi connectivity index (χ3v) is 4.72. The molecule has 1 aliphatic carbocycles. The number of fused-ring (bicyclic) bond motifs is 1. The summed E-state index contributed by atoms with van der Waals surface area (Å²) in [5.74, 6) is -1.72. The Balaban J connectivity index is 2.17. The molecule has 2 aliphatic rings. The molecule has 1 fully saturated rings. The van der Waals surface area contributed by atoms with Crippen LogP contribution in [0.3, 0.4) is 0 Å². The summed E-state index contributed by atoms with van der Waals surface area (Å²) < 4.78 is 9.66. The fourth-order valence-electron chi connectivity index (χ4n) is 3.67. The van der Waals surface area contributed by atoms with Gasteiger partial charge in [-0.3, -0.25) is 9.59 Å². The Kier molecular flexibility index (Phi) is 3.75. The normalized spacial score (nSPS) is 30.4. The van der Waals surface area contributed by atoms with Crippen molar-refractivity contribution in [1.29, 1.82) is 0 Å². The molecular formula is C18H17NO5. The minimum atomic E-state index is -1.11. The smallest absolute Gasteiger partial charge is 0.330 e. The summed E-state index contributed by atoms with van der Waals surface area (Å²) in [6, 6.07) is 9.08. The van der Waals surface area contributed by atoms with E-state index in [0.717, 1.165) is 0 Å². The number of benzene rings is 1. The fraction of sp³-hybridized carbons (Fsp3) is 0.278. The van der Waals surface area contributed by atoms with E-state index in [1.54, 1.807) is 6.08 Å². The van der Waals surface area contributed by atoms with Crippen LogP contribution in [0.1, 0.15) is 5.56 Å². The highest BCUT2D eigenvalue weighted by Gasteiger charge is 2.81. The molecule has 0 aromatic heterocycles. The average Bonchev–Trinajstić information content (AvgIpc) is 3.22. The van der Waals surface area contributed by atoms with Gasteiger partial charge in [-0.15, -0.1) is 0 Å². The van der Waals surface area contributed by atoms with E-state index >= 15 is 0 Å². The van der Waals surface area contributed by atoms with Crippen LogP contribution in [0.4, 0.5) is 0 Å². The van der Waals surface area contributed by atoms with Gasteiger partial charge in [0, 0.05) is 12.0 Å². The van der Waals surface area contributed by atoms with Crippen LogP contribution in [0, 0.1) is 5.92 Å². The van der Waals surface area contributed by atoms with Crippen LogP contribution >= 0.6 is 0 Å². The second kappa shape index (κ2) is 5.63. The Morgan fingerprint density at radius 2 is 1.88 bits per heavy atom. The summed E-state index contributed by atoms with van der Waals surface area (Å²) >= 11 is 0. The molecule has 0 saturated heterocycles. The molecule has 3 atom stereocenters. The van der Waals surface area contributed by atoms with E-state index < -0.39 is 22.9 Å². The molecule has 1 heterocycles. The first-order valence-corrected chi connectivity index (χ1v) is 7.44. The van der Waals surface area contributed by atoms with Crippen molar-refractivity contribution >= 4 is 17.8 Å². The number of carbonyl (C=O) groups excluding carboxylic acids is 3. The van der Waals surface area contributed by atoms with Crippen molar-refractivity contribution in [3.8, 4) is 0 Å². The number of hydrogen-bond donors (Lipinski definition) is 1. The molecule has 1 amide bonds. The summed E-state index contributed by atoms with van der Waals surface area (Å²) in [6.45, 7) is 0. The maximum atomic E-state index is 12.7. The lowest BCUT2D eigenvalue weighted by atomic mass is 9.89. The van der Waals surface area contributed by atoms with Crippen molar-refractivity contribution in [2.24, 2.45) is 5.92 Å². The van der Waals surface area contributed by atoms with E-state index in [0.29, 0.717) is 5.56 Å². The van der Waals surface area contributed by atoms with Gasteiger partial charge in [-0.05, 0) is 17.7 Å². The second-order valence-corrected chi connectivity index (χ2v) is 5.72. The summed E-state index contributed by atoms with van der Waals surface area (Å²) in [5.41, 5.74) is -1.46. The minimum absolute atomic E-state index is 0.331. The van der Waals surface area contributed by atoms with E-state index in [1.165, 1.54) is 32.4 Å². The first-order valence-electron chi connectivity index (χ1n) is 7.44. The zero-order valence-electron chi connectivity index (χ0n) is 13.3. The van der Waals surface area contributed by atoms with E-state index in [1.807, 2.05) is 30.3 Å². The monoisotopic (exact) mass is 327 g/mol. The summed E-state index contributed by atoms with van der Waals surface area (Å²) in [6.07, 6.45) is 5.82. The number of methoxy groups -OCH3 is 2. The Bertz CT molecular complexity index is 754. The molecule has 0 spiro atoms. The Morgan fingerprint density at radius 3 is 2.50 bits per heavy atom. The molecule has 24 heavy (non-hydrogen) atoms. The molecule has 0 radical (unpaired) electrons. The lowest BCUT2D eigenvalue weighted by molar-refractivity contribution is -0.144. The van der Waals surface area contributed by atoms with Crippen LogP contribution < -0.4 is 5.32 Å². The first-order chi connectivity index (χ1) is 11.5. The summed E-state index contributed by atoms with van der Waals surface area (Å²) in [7, 11) is 2.57. The van der Waals surface area contributed by atoms with Gasteiger partial charge in [0.05, 0.1) is 19.8 Å². The predicted octanol–water partition coefficient (Wildman–Crippen LogP) is 0.881. The van der Waals surface area contributed by atoms with Crippen LogP contribution in [-0.4, -0.2) is 37.6 Å². The van der Waals surface area contributed by atoms with Crippen LogP contribution in [0.2, 0.25) is 0 Å². The third kappa shape index (κ3) is 1.99. The summed E-state index contributed by atoms with van der Waals surface area (Å²) in [5, 5.41) is 2.83. The molecule has 6 nitrogen and oxygen atoms in total. The maximum Gasteiger partial charge on any atom is 0.330 e. The van der Waals surface area contributed by atoms with E-state index in [4.69, 9.17) is 4.74 Å². The number of amides is 1. The van der Waals surface area contributed by atoms with Crippen molar-refractivity contribution in [2.75, 3.05) is 14.2 Å². The summed E-state index contributed by atoms with van der Waals surface area (Å²) in [4.78, 5) is 36.2. The number of rotatable bonds is 4. The second-order valence-electron chi connectivity index (χ2n) is 5.72. The highest BCUT2D eigenvalue weighted by Crippen LogP contribution is 2.66. The van der Waals surface area contributed by atoms with Crippen LogP contribution in [0.25, 0.3) is 0 Å². The first kappa shape index (κ1) is 16.0. The number of carbonyl (C=O) groups is 3. The number of nitrogens with one attached hydrogen (secondary N) is 1. The van der Waals surface area contributed by atoms with Gasteiger partial charge in [-0.1, -0.05) is 36.4 Å². The fourth-order valence-corrected chi connectivity index (χ4v) is 3.67. The van der Waals surface area contributed by atoms with E-state index in [9.17, 15) is 14.4 Å². The predicted molar refractivity (Wildman–Crippen MR) is 84.8 cm³/mol. The van der Waals surface area contributed by atoms with Crippen LogP contribution in [0.15, 0.2) is 54.6 Å². The van der Waals surface area contributed by atoms with Crippen LogP contribution in [0.5, 0.6) is 0 Å². The molecule has 6 heteroatoms. The molecule has 1 N–H and O–H groups in total. The molecular weight excluding hydrogens is 310 g/mol. The topological polar surface area (TPSA) is 81.7 Å². The molecule has 124 valence electrons.